The number of ketones is 1. The van der Waals surface area contributed by atoms with E-state index in [-0.39, 0.29) is 44.8 Å². The number of benzene rings is 2. The van der Waals surface area contributed by atoms with Gasteiger partial charge in [-0.1, -0.05) is 6.07 Å². The number of hydrogen-bond donors (Lipinski definition) is 3. The number of nitriles is 2. The lowest BCUT2D eigenvalue weighted by Gasteiger charge is -2.18. The van der Waals surface area contributed by atoms with E-state index in [4.69, 9.17) is 10.7 Å². The number of aromatic nitrogens is 1. The summed E-state index contributed by atoms with van der Waals surface area (Å²) < 4.78 is 0.961. The van der Waals surface area contributed by atoms with Gasteiger partial charge in [-0.15, -0.1) is 12.6 Å². The molecule has 8 heteroatoms. The van der Waals surface area contributed by atoms with E-state index in [0.717, 1.165) is 4.57 Å². The summed E-state index contributed by atoms with van der Waals surface area (Å²) in [5.41, 5.74) is 1.11. The van der Waals surface area contributed by atoms with Gasteiger partial charge in [0.1, 0.15) is 6.07 Å². The van der Waals surface area contributed by atoms with Crippen LogP contribution in [0.15, 0.2) is 41.3 Å². The SMILES string of the molecule is CC(=O)n1c(O)c2c(c1-c1ccc(S)c(C#N)c1)C(=O)c1ccc(C#N)cc1C2=N. The molecule has 0 saturated heterocycles. The van der Waals surface area contributed by atoms with Gasteiger partial charge < -0.3 is 5.11 Å². The summed E-state index contributed by atoms with van der Waals surface area (Å²) in [5.74, 6) is -1.58. The number of carbonyl (C=O) groups is 2. The summed E-state index contributed by atoms with van der Waals surface area (Å²) in [4.78, 5) is 26.2. The average molecular weight is 412 g/mol. The van der Waals surface area contributed by atoms with Gasteiger partial charge in [-0.3, -0.25) is 15.0 Å². The molecule has 0 atom stereocenters. The van der Waals surface area contributed by atoms with Crippen molar-refractivity contribution in [3.8, 4) is 29.3 Å². The molecule has 0 spiro atoms. The predicted octanol–water partition coefficient (Wildman–Crippen LogP) is 3.51. The smallest absolute Gasteiger partial charge is 0.230 e. The Hall–Kier alpha value is -4.14. The standard InChI is InChI=1S/C22H12N4O3S/c1-10(27)26-20(12-3-5-16(30)13(7-12)9-24)18-17(22(26)29)19(25)15-6-11(8-23)2-4-14(15)21(18)28/h2-7,25,29-30H,1H3. The van der Waals surface area contributed by atoms with Gasteiger partial charge >= 0.3 is 0 Å². The van der Waals surface area contributed by atoms with Gasteiger partial charge in [0.25, 0.3) is 0 Å². The first-order valence-corrected chi connectivity index (χ1v) is 9.15. The van der Waals surface area contributed by atoms with Crippen molar-refractivity contribution in [2.75, 3.05) is 0 Å². The summed E-state index contributed by atoms with van der Waals surface area (Å²) in [6.07, 6.45) is 0. The molecule has 3 aromatic rings. The first-order valence-electron chi connectivity index (χ1n) is 8.70. The van der Waals surface area contributed by atoms with Crippen LogP contribution in [0.5, 0.6) is 5.88 Å². The van der Waals surface area contributed by atoms with Gasteiger partial charge in [0, 0.05) is 28.5 Å². The maximum Gasteiger partial charge on any atom is 0.230 e. The highest BCUT2D eigenvalue weighted by atomic mass is 32.1. The fraction of sp³-hybridized carbons (Fsp3) is 0.0455. The van der Waals surface area contributed by atoms with E-state index >= 15 is 0 Å². The van der Waals surface area contributed by atoms with E-state index in [1.54, 1.807) is 12.1 Å². The molecule has 1 heterocycles. The van der Waals surface area contributed by atoms with Crippen LogP contribution in [-0.2, 0) is 0 Å². The van der Waals surface area contributed by atoms with Crippen molar-refractivity contribution in [1.82, 2.24) is 4.57 Å². The van der Waals surface area contributed by atoms with E-state index < -0.39 is 17.6 Å². The Balaban J connectivity index is 2.10. The van der Waals surface area contributed by atoms with E-state index in [0.29, 0.717) is 10.5 Å². The Bertz CT molecular complexity index is 1400. The number of rotatable bonds is 1. The average Bonchev–Trinajstić information content (AvgIpc) is 3.05. The Kier molecular flexibility index (Phi) is 4.30. The van der Waals surface area contributed by atoms with Gasteiger partial charge in [0.15, 0.2) is 5.78 Å². The zero-order chi connectivity index (χ0) is 21.7. The van der Waals surface area contributed by atoms with Crippen LogP contribution in [0.3, 0.4) is 0 Å². The number of thiol groups is 1. The van der Waals surface area contributed by atoms with E-state index in [1.807, 2.05) is 12.1 Å². The topological polar surface area (TPSA) is 131 Å². The molecule has 30 heavy (non-hydrogen) atoms. The van der Waals surface area contributed by atoms with E-state index in [2.05, 4.69) is 12.6 Å². The second-order valence-electron chi connectivity index (χ2n) is 6.70. The van der Waals surface area contributed by atoms with Crippen molar-refractivity contribution in [1.29, 1.82) is 15.9 Å². The maximum atomic E-state index is 13.4. The quantitative estimate of drug-likeness (QED) is 0.412. The third-order valence-corrected chi connectivity index (χ3v) is 5.38. The van der Waals surface area contributed by atoms with Gasteiger partial charge in [-0.2, -0.15) is 10.5 Å². The van der Waals surface area contributed by atoms with Crippen molar-refractivity contribution in [3.63, 3.8) is 0 Å². The monoisotopic (exact) mass is 412 g/mol. The summed E-state index contributed by atoms with van der Waals surface area (Å²) in [6, 6.07) is 12.9. The molecular formula is C22H12N4O3S. The minimum Gasteiger partial charge on any atom is -0.494 e. The maximum absolute atomic E-state index is 13.4. The molecule has 1 aromatic heterocycles. The minimum absolute atomic E-state index is 0.000659. The molecular weight excluding hydrogens is 400 g/mol. The number of carbonyl (C=O) groups excluding carboxylic acids is 2. The zero-order valence-corrected chi connectivity index (χ0v) is 16.4. The highest BCUT2D eigenvalue weighted by Gasteiger charge is 2.38. The second-order valence-corrected chi connectivity index (χ2v) is 7.18. The lowest BCUT2D eigenvalue weighted by molar-refractivity contribution is 0.0930. The van der Waals surface area contributed by atoms with Crippen molar-refractivity contribution < 1.29 is 14.7 Å². The summed E-state index contributed by atoms with van der Waals surface area (Å²) >= 11 is 4.22. The number of nitrogens with zero attached hydrogens (tertiary/aromatic N) is 3. The molecule has 0 radical (unpaired) electrons. The van der Waals surface area contributed by atoms with Crippen molar-refractivity contribution in [3.05, 3.63) is 69.8 Å². The lowest BCUT2D eigenvalue weighted by Crippen LogP contribution is -2.20. The number of hydrogen-bond acceptors (Lipinski definition) is 7. The zero-order valence-electron chi connectivity index (χ0n) is 15.5. The normalized spacial score (nSPS) is 12.0. The molecule has 4 rings (SSSR count). The fourth-order valence-corrected chi connectivity index (χ4v) is 3.85. The van der Waals surface area contributed by atoms with Crippen LogP contribution >= 0.6 is 12.6 Å². The van der Waals surface area contributed by atoms with Crippen LogP contribution < -0.4 is 0 Å². The minimum atomic E-state index is -0.562. The summed E-state index contributed by atoms with van der Waals surface area (Å²) in [7, 11) is 0. The molecule has 0 aliphatic heterocycles. The van der Waals surface area contributed by atoms with Crippen molar-refractivity contribution in [2.24, 2.45) is 0 Å². The molecule has 7 nitrogen and oxygen atoms in total. The van der Waals surface area contributed by atoms with Crippen LogP contribution in [-0.4, -0.2) is 27.1 Å². The first kappa shape index (κ1) is 19.2. The van der Waals surface area contributed by atoms with Crippen LogP contribution in [0.2, 0.25) is 0 Å². The van der Waals surface area contributed by atoms with E-state index in [9.17, 15) is 20.0 Å². The molecule has 1 aliphatic carbocycles. The highest BCUT2D eigenvalue weighted by molar-refractivity contribution is 7.80. The van der Waals surface area contributed by atoms with Gasteiger partial charge in [-0.25, -0.2) is 4.57 Å². The molecule has 2 N–H and O–H groups in total. The molecule has 0 unspecified atom stereocenters. The molecule has 0 saturated carbocycles. The van der Waals surface area contributed by atoms with Crippen LogP contribution in [0, 0.1) is 28.1 Å². The van der Waals surface area contributed by atoms with E-state index in [1.165, 1.54) is 31.2 Å². The van der Waals surface area contributed by atoms with Crippen LogP contribution in [0.4, 0.5) is 0 Å². The van der Waals surface area contributed by atoms with Gasteiger partial charge in [0.2, 0.25) is 11.8 Å². The summed E-state index contributed by atoms with van der Waals surface area (Å²) in [5, 5.41) is 37.9. The van der Waals surface area contributed by atoms with Crippen LogP contribution in [0.25, 0.3) is 11.3 Å². The van der Waals surface area contributed by atoms with Crippen molar-refractivity contribution >= 4 is 30.0 Å². The van der Waals surface area contributed by atoms with Gasteiger partial charge in [-0.05, 0) is 30.3 Å². The lowest BCUT2D eigenvalue weighted by atomic mass is 9.83. The Morgan fingerprint density at radius 1 is 1.10 bits per heavy atom. The van der Waals surface area contributed by atoms with Gasteiger partial charge in [0.05, 0.1) is 39.7 Å². The Labute approximate surface area is 176 Å². The van der Waals surface area contributed by atoms with Crippen molar-refractivity contribution in [2.45, 2.75) is 11.8 Å². The molecule has 0 fully saturated rings. The molecule has 2 aromatic carbocycles. The Morgan fingerprint density at radius 2 is 1.83 bits per heavy atom. The molecule has 1 aliphatic rings. The number of fused-ring (bicyclic) bond motifs is 2. The first-order chi connectivity index (χ1) is 14.3. The van der Waals surface area contributed by atoms with Crippen LogP contribution in [0.1, 0.15) is 49.9 Å². The molecule has 0 amide bonds. The highest BCUT2D eigenvalue weighted by Crippen LogP contribution is 2.42. The third kappa shape index (κ3) is 2.55. The molecule has 0 bridgehead atoms. The Morgan fingerprint density at radius 3 is 2.47 bits per heavy atom. The number of nitrogens with one attached hydrogen (secondary N) is 1. The number of aromatic hydroxyl groups is 1. The fourth-order valence-electron chi connectivity index (χ4n) is 3.66. The third-order valence-electron chi connectivity index (χ3n) is 4.99. The molecule has 144 valence electrons. The largest absolute Gasteiger partial charge is 0.494 e. The predicted molar refractivity (Wildman–Crippen MR) is 110 cm³/mol. The summed E-state index contributed by atoms with van der Waals surface area (Å²) in [6.45, 7) is 1.22. The second kappa shape index (κ2) is 6.73.